The molecule has 0 radical (unpaired) electrons. The number of hydrogen-bond acceptors (Lipinski definition) is 3. The van der Waals surface area contributed by atoms with Crippen molar-refractivity contribution in [2.45, 2.75) is 19.3 Å². The van der Waals surface area contributed by atoms with Crippen LogP contribution in [0.5, 0.6) is 0 Å². The highest BCUT2D eigenvalue weighted by Crippen LogP contribution is 2.17. The Labute approximate surface area is 109 Å². The number of nitrogens with one attached hydrogen (secondary N) is 1. The van der Waals surface area contributed by atoms with Gasteiger partial charge < -0.3 is 14.6 Å². The molecular formula is C12H17BrN2O2. The van der Waals surface area contributed by atoms with Crippen molar-refractivity contribution in [1.29, 1.82) is 0 Å². The Kier molecular flexibility index (Phi) is 4.62. The van der Waals surface area contributed by atoms with Crippen molar-refractivity contribution in [3.8, 4) is 0 Å². The van der Waals surface area contributed by atoms with E-state index in [9.17, 15) is 4.79 Å². The van der Waals surface area contributed by atoms with E-state index in [0.29, 0.717) is 16.8 Å². The zero-order valence-electron chi connectivity index (χ0n) is 9.75. The van der Waals surface area contributed by atoms with Gasteiger partial charge in [-0.2, -0.15) is 0 Å². The van der Waals surface area contributed by atoms with Crippen molar-refractivity contribution in [2.24, 2.45) is 0 Å². The highest BCUT2D eigenvalue weighted by atomic mass is 79.9. The van der Waals surface area contributed by atoms with Gasteiger partial charge in [0.25, 0.3) is 5.91 Å². The van der Waals surface area contributed by atoms with Crippen LogP contribution in [0.3, 0.4) is 0 Å². The Morgan fingerprint density at radius 3 is 2.88 bits per heavy atom. The Morgan fingerprint density at radius 2 is 2.24 bits per heavy atom. The summed E-state index contributed by atoms with van der Waals surface area (Å²) >= 11 is 3.19. The molecule has 2 rings (SSSR count). The van der Waals surface area contributed by atoms with Gasteiger partial charge >= 0.3 is 0 Å². The van der Waals surface area contributed by atoms with E-state index >= 15 is 0 Å². The molecule has 1 amide bonds. The molecule has 1 aromatic rings. The summed E-state index contributed by atoms with van der Waals surface area (Å²) in [5.41, 5.74) is 0.561. The molecule has 5 heteroatoms. The third-order valence-electron chi connectivity index (χ3n) is 3.00. The Morgan fingerprint density at radius 1 is 1.47 bits per heavy atom. The Bertz CT molecular complexity index is 372. The highest BCUT2D eigenvalue weighted by Gasteiger charge is 2.13. The molecule has 2 heterocycles. The fraction of sp³-hybridized carbons (Fsp3) is 0.583. The van der Waals surface area contributed by atoms with Crippen LogP contribution >= 0.6 is 15.9 Å². The minimum Gasteiger partial charge on any atom is -0.457 e. The maximum absolute atomic E-state index is 11.7. The molecule has 1 fully saturated rings. The summed E-state index contributed by atoms with van der Waals surface area (Å²) in [7, 11) is 0. The first kappa shape index (κ1) is 12.6. The summed E-state index contributed by atoms with van der Waals surface area (Å²) < 4.78 is 5.52. The first-order chi connectivity index (χ1) is 8.27. The smallest absolute Gasteiger partial charge is 0.255 e. The molecule has 1 aliphatic heterocycles. The number of hydrogen-bond donors (Lipinski definition) is 1. The van der Waals surface area contributed by atoms with E-state index in [4.69, 9.17) is 4.42 Å². The van der Waals surface area contributed by atoms with Gasteiger partial charge in [0.1, 0.15) is 0 Å². The van der Waals surface area contributed by atoms with Crippen molar-refractivity contribution in [3.05, 3.63) is 22.6 Å². The summed E-state index contributed by atoms with van der Waals surface area (Å²) in [6, 6.07) is 1.67. The molecule has 0 bridgehead atoms. The molecule has 0 spiro atoms. The Hall–Kier alpha value is -0.810. The predicted molar refractivity (Wildman–Crippen MR) is 69.0 cm³/mol. The number of carbonyl (C=O) groups excluding carboxylic acids is 1. The molecule has 1 N–H and O–H groups in total. The number of amides is 1. The van der Waals surface area contributed by atoms with Gasteiger partial charge in [0.2, 0.25) is 0 Å². The summed E-state index contributed by atoms with van der Waals surface area (Å²) in [6.07, 6.45) is 5.13. The van der Waals surface area contributed by atoms with Crippen LogP contribution in [-0.2, 0) is 0 Å². The van der Waals surface area contributed by atoms with E-state index in [1.54, 1.807) is 6.07 Å². The van der Waals surface area contributed by atoms with Gasteiger partial charge in [0, 0.05) is 6.54 Å². The summed E-state index contributed by atoms with van der Waals surface area (Å²) in [5.74, 6) is -0.0768. The molecule has 1 aromatic heterocycles. The van der Waals surface area contributed by atoms with Gasteiger partial charge in [-0.25, -0.2) is 0 Å². The van der Waals surface area contributed by atoms with Gasteiger partial charge in [-0.15, -0.1) is 0 Å². The number of furan rings is 1. The van der Waals surface area contributed by atoms with Crippen molar-refractivity contribution in [3.63, 3.8) is 0 Å². The van der Waals surface area contributed by atoms with Crippen molar-refractivity contribution in [2.75, 3.05) is 26.2 Å². The molecule has 0 aromatic carbocycles. The average Bonchev–Trinajstić information content (AvgIpc) is 2.95. The van der Waals surface area contributed by atoms with E-state index in [-0.39, 0.29) is 5.91 Å². The van der Waals surface area contributed by atoms with Gasteiger partial charge in [0.05, 0.1) is 11.8 Å². The number of rotatable bonds is 5. The number of likely N-dealkylation sites (tertiary alicyclic amines) is 1. The van der Waals surface area contributed by atoms with Crippen LogP contribution in [0.15, 0.2) is 21.4 Å². The quantitative estimate of drug-likeness (QED) is 0.849. The van der Waals surface area contributed by atoms with Gasteiger partial charge in [-0.05, 0) is 60.9 Å². The first-order valence-corrected chi connectivity index (χ1v) is 6.80. The minimum absolute atomic E-state index is 0.0768. The lowest BCUT2D eigenvalue weighted by atomic mass is 10.3. The second kappa shape index (κ2) is 6.21. The molecule has 4 nitrogen and oxygen atoms in total. The third-order valence-corrected chi connectivity index (χ3v) is 3.61. The van der Waals surface area contributed by atoms with Crippen LogP contribution in [0, 0.1) is 0 Å². The van der Waals surface area contributed by atoms with Crippen molar-refractivity contribution < 1.29 is 9.21 Å². The van der Waals surface area contributed by atoms with Crippen molar-refractivity contribution >= 4 is 21.8 Å². The molecule has 0 aliphatic carbocycles. The van der Waals surface area contributed by atoms with Crippen LogP contribution in [-0.4, -0.2) is 37.0 Å². The third kappa shape index (κ3) is 3.57. The van der Waals surface area contributed by atoms with Gasteiger partial charge in [-0.1, -0.05) is 0 Å². The summed E-state index contributed by atoms with van der Waals surface area (Å²) in [6.45, 7) is 4.21. The van der Waals surface area contributed by atoms with Crippen LogP contribution in [0.1, 0.15) is 29.6 Å². The minimum atomic E-state index is -0.0768. The second-order valence-corrected chi connectivity index (χ2v) is 4.99. The lowest BCUT2D eigenvalue weighted by Gasteiger charge is -2.14. The van der Waals surface area contributed by atoms with E-state index < -0.39 is 0 Å². The monoisotopic (exact) mass is 300 g/mol. The number of halogens is 1. The molecular weight excluding hydrogens is 284 g/mol. The first-order valence-electron chi connectivity index (χ1n) is 6.01. The molecule has 1 saturated heterocycles. The predicted octanol–water partition coefficient (Wildman–Crippen LogP) is 2.26. The summed E-state index contributed by atoms with van der Waals surface area (Å²) in [4.78, 5) is 14.2. The highest BCUT2D eigenvalue weighted by molar-refractivity contribution is 9.10. The SMILES string of the molecule is O=C(NCCCN1CCCC1)c1ccoc1Br. The topological polar surface area (TPSA) is 45.5 Å². The van der Waals surface area contributed by atoms with E-state index in [1.807, 2.05) is 0 Å². The number of nitrogens with zero attached hydrogens (tertiary/aromatic N) is 1. The zero-order chi connectivity index (χ0) is 12.1. The normalized spacial score (nSPS) is 16.3. The maximum Gasteiger partial charge on any atom is 0.255 e. The van der Waals surface area contributed by atoms with Crippen LogP contribution in [0.2, 0.25) is 0 Å². The van der Waals surface area contributed by atoms with Gasteiger partial charge in [0.15, 0.2) is 4.67 Å². The van der Waals surface area contributed by atoms with E-state index in [2.05, 4.69) is 26.1 Å². The fourth-order valence-electron chi connectivity index (χ4n) is 2.06. The van der Waals surface area contributed by atoms with Crippen molar-refractivity contribution in [1.82, 2.24) is 10.2 Å². The second-order valence-electron chi connectivity index (χ2n) is 4.27. The zero-order valence-corrected chi connectivity index (χ0v) is 11.3. The van der Waals surface area contributed by atoms with E-state index in [0.717, 1.165) is 13.0 Å². The number of carbonyl (C=O) groups is 1. The molecule has 0 unspecified atom stereocenters. The maximum atomic E-state index is 11.7. The molecule has 17 heavy (non-hydrogen) atoms. The fourth-order valence-corrected chi connectivity index (χ4v) is 2.48. The van der Waals surface area contributed by atoms with E-state index in [1.165, 1.54) is 32.2 Å². The average molecular weight is 301 g/mol. The lowest BCUT2D eigenvalue weighted by Crippen LogP contribution is -2.28. The molecule has 1 aliphatic rings. The largest absolute Gasteiger partial charge is 0.457 e. The van der Waals surface area contributed by atoms with Crippen LogP contribution < -0.4 is 5.32 Å². The Balaban J connectivity index is 1.65. The summed E-state index contributed by atoms with van der Waals surface area (Å²) in [5, 5.41) is 2.89. The molecule has 0 saturated carbocycles. The van der Waals surface area contributed by atoms with Gasteiger partial charge in [-0.3, -0.25) is 4.79 Å². The lowest BCUT2D eigenvalue weighted by molar-refractivity contribution is 0.0950. The standard InChI is InChI=1S/C12H17BrN2O2/c13-11-10(4-9-17-11)12(16)14-5-3-8-15-6-1-2-7-15/h4,9H,1-3,5-8H2,(H,14,16). The molecule has 94 valence electrons. The van der Waals surface area contributed by atoms with Crippen LogP contribution in [0.4, 0.5) is 0 Å². The molecule has 0 atom stereocenters. The van der Waals surface area contributed by atoms with Crippen LogP contribution in [0.25, 0.3) is 0 Å².